The van der Waals surface area contributed by atoms with Crippen LogP contribution in [0.1, 0.15) is 15.2 Å². The Kier molecular flexibility index (Phi) is 3.98. The van der Waals surface area contributed by atoms with Crippen molar-refractivity contribution in [3.8, 4) is 6.07 Å². The van der Waals surface area contributed by atoms with Crippen LogP contribution in [-0.4, -0.2) is 5.91 Å². The second-order valence-corrected chi connectivity index (χ2v) is 5.30. The van der Waals surface area contributed by atoms with Gasteiger partial charge in [0.05, 0.1) is 21.7 Å². The number of amides is 1. The van der Waals surface area contributed by atoms with E-state index in [9.17, 15) is 4.79 Å². The number of hydrogen-bond donors (Lipinski definition) is 1. The maximum atomic E-state index is 11.8. The third-order valence-electron chi connectivity index (χ3n) is 2.29. The molecule has 0 aliphatic rings. The fraction of sp³-hybridized carbons (Fsp3) is 0.0769. The van der Waals surface area contributed by atoms with Crippen LogP contribution >= 0.6 is 22.9 Å². The van der Waals surface area contributed by atoms with Crippen molar-refractivity contribution in [1.29, 1.82) is 5.26 Å². The van der Waals surface area contributed by atoms with Crippen LogP contribution in [0.5, 0.6) is 0 Å². The van der Waals surface area contributed by atoms with E-state index in [0.717, 1.165) is 5.56 Å². The lowest BCUT2D eigenvalue weighted by atomic mass is 10.1. The Hall–Kier alpha value is -1.83. The zero-order valence-corrected chi connectivity index (χ0v) is 10.9. The van der Waals surface area contributed by atoms with Gasteiger partial charge in [-0.25, -0.2) is 0 Å². The molecule has 3 nitrogen and oxygen atoms in total. The molecule has 0 atom stereocenters. The summed E-state index contributed by atoms with van der Waals surface area (Å²) in [5.74, 6) is -0.181. The highest BCUT2D eigenvalue weighted by atomic mass is 35.5. The zero-order valence-electron chi connectivity index (χ0n) is 9.31. The Labute approximate surface area is 114 Å². The predicted molar refractivity (Wildman–Crippen MR) is 73.0 cm³/mol. The lowest BCUT2D eigenvalue weighted by Crippen LogP contribution is -2.09. The summed E-state index contributed by atoms with van der Waals surface area (Å²) < 4.78 is 0.588. The molecule has 1 aromatic heterocycles. The van der Waals surface area contributed by atoms with Crippen molar-refractivity contribution in [2.24, 2.45) is 0 Å². The van der Waals surface area contributed by atoms with Crippen LogP contribution in [0.15, 0.2) is 36.4 Å². The van der Waals surface area contributed by atoms with Crippen LogP contribution in [0.3, 0.4) is 0 Å². The Morgan fingerprint density at radius 2 is 2.00 bits per heavy atom. The van der Waals surface area contributed by atoms with Gasteiger partial charge in [0.2, 0.25) is 0 Å². The number of rotatable bonds is 3. The van der Waals surface area contributed by atoms with E-state index in [1.54, 1.807) is 24.3 Å². The molecule has 0 radical (unpaired) electrons. The van der Waals surface area contributed by atoms with E-state index in [2.05, 4.69) is 11.4 Å². The normalized spacial score (nSPS) is 9.78. The number of nitriles is 1. The summed E-state index contributed by atoms with van der Waals surface area (Å²) in [5.41, 5.74) is 1.63. The molecule has 5 heteroatoms. The maximum absolute atomic E-state index is 11.8. The topological polar surface area (TPSA) is 52.9 Å². The number of carbonyl (C=O) groups is 1. The smallest absolute Gasteiger partial charge is 0.265 e. The number of carbonyl (C=O) groups excluding carboxylic acids is 1. The van der Waals surface area contributed by atoms with Crippen LogP contribution in [0.4, 0.5) is 5.69 Å². The van der Waals surface area contributed by atoms with Crippen molar-refractivity contribution in [1.82, 2.24) is 0 Å². The molecule has 1 N–H and O–H groups in total. The highest BCUT2D eigenvalue weighted by Crippen LogP contribution is 2.22. The first kappa shape index (κ1) is 12.6. The van der Waals surface area contributed by atoms with Crippen LogP contribution < -0.4 is 5.32 Å². The van der Waals surface area contributed by atoms with Gasteiger partial charge in [-0.3, -0.25) is 4.79 Å². The molecule has 0 saturated heterocycles. The molecule has 90 valence electrons. The SMILES string of the molecule is N#CCc1ccc(NC(=O)c2ccc(Cl)s2)cc1. The maximum Gasteiger partial charge on any atom is 0.265 e. The highest BCUT2D eigenvalue weighted by Gasteiger charge is 2.08. The van der Waals surface area contributed by atoms with E-state index in [4.69, 9.17) is 16.9 Å². The average Bonchev–Trinajstić information content (AvgIpc) is 2.79. The van der Waals surface area contributed by atoms with Gasteiger partial charge in [0, 0.05) is 5.69 Å². The Balaban J connectivity index is 2.05. The fourth-order valence-corrected chi connectivity index (χ4v) is 2.36. The second kappa shape index (κ2) is 5.67. The van der Waals surface area contributed by atoms with Gasteiger partial charge in [-0.15, -0.1) is 11.3 Å². The van der Waals surface area contributed by atoms with Crippen LogP contribution in [0.2, 0.25) is 4.34 Å². The lowest BCUT2D eigenvalue weighted by molar-refractivity contribution is 0.103. The van der Waals surface area contributed by atoms with E-state index in [1.807, 2.05) is 12.1 Å². The van der Waals surface area contributed by atoms with Gasteiger partial charge in [-0.1, -0.05) is 23.7 Å². The summed E-state index contributed by atoms with van der Waals surface area (Å²) in [6.45, 7) is 0. The molecule has 18 heavy (non-hydrogen) atoms. The predicted octanol–water partition coefficient (Wildman–Crippen LogP) is 3.72. The molecule has 0 aliphatic heterocycles. The van der Waals surface area contributed by atoms with Gasteiger partial charge in [0.15, 0.2) is 0 Å². The van der Waals surface area contributed by atoms with Gasteiger partial charge >= 0.3 is 0 Å². The Bertz CT molecular complexity index is 598. The molecule has 2 rings (SSSR count). The van der Waals surface area contributed by atoms with E-state index >= 15 is 0 Å². The van der Waals surface area contributed by atoms with Gasteiger partial charge in [-0.05, 0) is 29.8 Å². The summed E-state index contributed by atoms with van der Waals surface area (Å²) in [4.78, 5) is 12.4. The molecule has 2 aromatic rings. The number of halogens is 1. The third kappa shape index (κ3) is 3.10. The number of hydrogen-bond acceptors (Lipinski definition) is 3. The van der Waals surface area contributed by atoms with Crippen molar-refractivity contribution in [3.63, 3.8) is 0 Å². The molecule has 1 amide bonds. The molecule has 0 unspecified atom stereocenters. The Morgan fingerprint density at radius 3 is 2.56 bits per heavy atom. The van der Waals surface area contributed by atoms with Gasteiger partial charge in [0.1, 0.15) is 0 Å². The zero-order chi connectivity index (χ0) is 13.0. The van der Waals surface area contributed by atoms with Crippen molar-refractivity contribution < 1.29 is 4.79 Å². The number of nitrogens with one attached hydrogen (secondary N) is 1. The molecule has 0 spiro atoms. The molecular weight excluding hydrogens is 268 g/mol. The Morgan fingerprint density at radius 1 is 1.28 bits per heavy atom. The quantitative estimate of drug-likeness (QED) is 0.929. The highest BCUT2D eigenvalue weighted by molar-refractivity contribution is 7.18. The molecule has 1 aromatic carbocycles. The van der Waals surface area contributed by atoms with E-state index in [1.165, 1.54) is 11.3 Å². The van der Waals surface area contributed by atoms with Gasteiger partial charge in [-0.2, -0.15) is 5.26 Å². The summed E-state index contributed by atoms with van der Waals surface area (Å²) in [6.07, 6.45) is 0.370. The van der Waals surface area contributed by atoms with E-state index < -0.39 is 0 Å². The van der Waals surface area contributed by atoms with E-state index in [0.29, 0.717) is 21.3 Å². The van der Waals surface area contributed by atoms with Crippen molar-refractivity contribution in [2.45, 2.75) is 6.42 Å². The summed E-state index contributed by atoms with van der Waals surface area (Å²) in [6, 6.07) is 12.6. The minimum atomic E-state index is -0.181. The largest absolute Gasteiger partial charge is 0.321 e. The standard InChI is InChI=1S/C13H9ClN2OS/c14-12-6-5-11(18-12)13(17)16-10-3-1-9(2-4-10)7-8-15/h1-6H,7H2,(H,16,17). The molecule has 0 saturated carbocycles. The molecule has 0 fully saturated rings. The minimum absolute atomic E-state index is 0.181. The molecule has 0 aliphatic carbocycles. The van der Waals surface area contributed by atoms with Gasteiger partial charge in [0.25, 0.3) is 5.91 Å². The van der Waals surface area contributed by atoms with Crippen molar-refractivity contribution >= 4 is 34.5 Å². The summed E-state index contributed by atoms with van der Waals surface area (Å²) >= 11 is 7.01. The summed E-state index contributed by atoms with van der Waals surface area (Å²) in [5, 5.41) is 11.3. The second-order valence-electron chi connectivity index (χ2n) is 3.59. The third-order valence-corrected chi connectivity index (χ3v) is 3.52. The van der Waals surface area contributed by atoms with Crippen LogP contribution in [0, 0.1) is 11.3 Å². The van der Waals surface area contributed by atoms with E-state index in [-0.39, 0.29) is 5.91 Å². The average molecular weight is 277 g/mol. The minimum Gasteiger partial charge on any atom is -0.321 e. The number of anilines is 1. The van der Waals surface area contributed by atoms with Gasteiger partial charge < -0.3 is 5.32 Å². The summed E-state index contributed by atoms with van der Waals surface area (Å²) in [7, 11) is 0. The van der Waals surface area contributed by atoms with Crippen molar-refractivity contribution in [3.05, 3.63) is 51.2 Å². The number of thiophene rings is 1. The first-order chi connectivity index (χ1) is 8.69. The first-order valence-corrected chi connectivity index (χ1v) is 6.41. The lowest BCUT2D eigenvalue weighted by Gasteiger charge is -2.03. The molecular formula is C13H9ClN2OS. The van der Waals surface area contributed by atoms with Crippen LogP contribution in [-0.2, 0) is 6.42 Å². The monoisotopic (exact) mass is 276 g/mol. The fourth-order valence-electron chi connectivity index (χ4n) is 1.43. The first-order valence-electron chi connectivity index (χ1n) is 5.21. The van der Waals surface area contributed by atoms with Crippen molar-refractivity contribution in [2.75, 3.05) is 5.32 Å². The molecule has 0 bridgehead atoms. The number of nitrogens with zero attached hydrogens (tertiary/aromatic N) is 1. The van der Waals surface area contributed by atoms with Crippen LogP contribution in [0.25, 0.3) is 0 Å². The molecule has 1 heterocycles. The number of benzene rings is 1.